The smallest absolute Gasteiger partial charge is 0.291 e. The van der Waals surface area contributed by atoms with Crippen LogP contribution in [-0.2, 0) is 4.79 Å². The lowest BCUT2D eigenvalue weighted by Crippen LogP contribution is -2.32. The quantitative estimate of drug-likeness (QED) is 0.231. The van der Waals surface area contributed by atoms with Crippen LogP contribution in [0, 0.1) is 10.1 Å². The molecule has 0 unspecified atom stereocenters. The third-order valence-electron chi connectivity index (χ3n) is 3.89. The number of carbonyl (C=O) groups is 2. The molecule has 0 spiro atoms. The van der Waals surface area contributed by atoms with E-state index in [9.17, 15) is 19.7 Å². The van der Waals surface area contributed by atoms with Gasteiger partial charge in [-0.3, -0.25) is 25.0 Å². The van der Waals surface area contributed by atoms with E-state index in [4.69, 9.17) is 16.6 Å². The van der Waals surface area contributed by atoms with Crippen LogP contribution in [0.2, 0.25) is 0 Å². The van der Waals surface area contributed by atoms with Gasteiger partial charge >= 0.3 is 0 Å². The van der Waals surface area contributed by atoms with Gasteiger partial charge in [0.25, 0.3) is 11.6 Å². The van der Waals surface area contributed by atoms with Crippen LogP contribution in [0.3, 0.4) is 0 Å². The molecule has 1 heterocycles. The van der Waals surface area contributed by atoms with Crippen molar-refractivity contribution < 1.29 is 18.9 Å². The van der Waals surface area contributed by atoms with Gasteiger partial charge in [0, 0.05) is 29.6 Å². The van der Waals surface area contributed by atoms with Gasteiger partial charge in [0.1, 0.15) is 0 Å². The normalized spacial score (nSPS) is 10.5. The third kappa shape index (κ3) is 6.34. The Balaban J connectivity index is 1.50. The fourth-order valence-electron chi connectivity index (χ4n) is 2.47. The van der Waals surface area contributed by atoms with Gasteiger partial charge < -0.3 is 15.1 Å². The molecule has 31 heavy (non-hydrogen) atoms. The number of anilines is 2. The summed E-state index contributed by atoms with van der Waals surface area (Å²) in [5.74, 6) is -0.667. The van der Waals surface area contributed by atoms with Crippen molar-refractivity contribution in [1.82, 2.24) is 5.32 Å². The summed E-state index contributed by atoms with van der Waals surface area (Å²) in [6, 6.07) is 15.7. The summed E-state index contributed by atoms with van der Waals surface area (Å²) in [6.45, 7) is 0. The van der Waals surface area contributed by atoms with Crippen molar-refractivity contribution in [1.29, 1.82) is 0 Å². The lowest BCUT2D eigenvalue weighted by Gasteiger charge is -2.09. The highest BCUT2D eigenvalue weighted by Crippen LogP contribution is 2.15. The predicted molar refractivity (Wildman–Crippen MR) is 120 cm³/mol. The number of nitrogens with zero attached hydrogens (tertiary/aromatic N) is 1. The fourth-order valence-corrected chi connectivity index (χ4v) is 2.69. The minimum atomic E-state index is -0.510. The lowest BCUT2D eigenvalue weighted by atomic mass is 10.2. The number of rotatable bonds is 6. The van der Waals surface area contributed by atoms with E-state index in [-0.39, 0.29) is 22.5 Å². The van der Waals surface area contributed by atoms with Gasteiger partial charge in [-0.15, -0.1) is 0 Å². The van der Waals surface area contributed by atoms with Crippen LogP contribution in [0.1, 0.15) is 16.1 Å². The zero-order chi connectivity index (χ0) is 22.2. The number of hydrogen-bond acceptors (Lipinski definition) is 6. The average Bonchev–Trinajstić information content (AvgIpc) is 3.29. The topological polar surface area (TPSA) is 127 Å². The minimum absolute atomic E-state index is 0.0662. The highest BCUT2D eigenvalue weighted by Gasteiger charge is 2.09. The summed E-state index contributed by atoms with van der Waals surface area (Å²) >= 11 is 5.11. The van der Waals surface area contributed by atoms with Crippen molar-refractivity contribution in [3.8, 4) is 0 Å². The summed E-state index contributed by atoms with van der Waals surface area (Å²) in [5, 5.41) is 18.9. The summed E-state index contributed by atoms with van der Waals surface area (Å²) in [7, 11) is 0. The van der Waals surface area contributed by atoms with Crippen molar-refractivity contribution in [2.75, 3.05) is 10.6 Å². The molecular formula is C21H16N4O5S. The molecule has 0 aliphatic carbocycles. The van der Waals surface area contributed by atoms with Crippen molar-refractivity contribution >= 4 is 52.3 Å². The van der Waals surface area contributed by atoms with Gasteiger partial charge in [-0.1, -0.05) is 12.1 Å². The molecule has 2 amide bonds. The molecule has 3 N–H and O–H groups in total. The van der Waals surface area contributed by atoms with Crippen LogP contribution in [0.25, 0.3) is 6.08 Å². The Morgan fingerprint density at radius 1 is 1.00 bits per heavy atom. The first-order valence-corrected chi connectivity index (χ1v) is 9.31. The molecule has 156 valence electrons. The molecule has 0 bridgehead atoms. The lowest BCUT2D eigenvalue weighted by molar-refractivity contribution is -0.384. The van der Waals surface area contributed by atoms with E-state index in [2.05, 4.69) is 16.0 Å². The van der Waals surface area contributed by atoms with E-state index in [0.29, 0.717) is 16.9 Å². The van der Waals surface area contributed by atoms with E-state index < -0.39 is 10.8 Å². The first-order valence-electron chi connectivity index (χ1n) is 8.90. The van der Waals surface area contributed by atoms with Crippen molar-refractivity contribution in [2.45, 2.75) is 0 Å². The van der Waals surface area contributed by atoms with Crippen LogP contribution < -0.4 is 16.0 Å². The number of hydrogen-bond donors (Lipinski definition) is 3. The van der Waals surface area contributed by atoms with Gasteiger partial charge in [0.15, 0.2) is 10.9 Å². The molecule has 0 aliphatic rings. The average molecular weight is 436 g/mol. The number of nitro groups is 1. The Bertz CT molecular complexity index is 1140. The SMILES string of the molecule is O=C(C=Cc1cccc([N+](=O)[O-])c1)NC(=S)Nc1ccc(NC(=O)c2ccco2)cc1. The van der Waals surface area contributed by atoms with E-state index in [1.54, 1.807) is 42.5 Å². The predicted octanol–water partition coefficient (Wildman–Crippen LogP) is 3.97. The maximum atomic E-state index is 12.0. The van der Waals surface area contributed by atoms with Crippen LogP contribution in [0.15, 0.2) is 77.4 Å². The molecule has 0 aliphatic heterocycles. The molecule has 2 aromatic carbocycles. The summed E-state index contributed by atoms with van der Waals surface area (Å²) < 4.78 is 5.03. The molecule has 9 nitrogen and oxygen atoms in total. The monoisotopic (exact) mass is 436 g/mol. The summed E-state index contributed by atoms with van der Waals surface area (Å²) in [5.41, 5.74) is 1.60. The molecule has 0 radical (unpaired) electrons. The Hall–Kier alpha value is -4.31. The van der Waals surface area contributed by atoms with Crippen LogP contribution in [-0.4, -0.2) is 21.9 Å². The molecule has 0 atom stereocenters. The Morgan fingerprint density at radius 2 is 1.71 bits per heavy atom. The maximum Gasteiger partial charge on any atom is 0.291 e. The number of benzene rings is 2. The Labute approximate surface area is 181 Å². The van der Waals surface area contributed by atoms with Crippen molar-refractivity contribution in [3.63, 3.8) is 0 Å². The van der Waals surface area contributed by atoms with E-state index in [1.165, 1.54) is 36.6 Å². The highest BCUT2D eigenvalue weighted by molar-refractivity contribution is 7.80. The van der Waals surface area contributed by atoms with Gasteiger partial charge in [0.2, 0.25) is 5.91 Å². The van der Waals surface area contributed by atoms with Gasteiger partial charge in [0.05, 0.1) is 11.2 Å². The third-order valence-corrected chi connectivity index (χ3v) is 4.09. The van der Waals surface area contributed by atoms with Crippen molar-refractivity contribution in [3.05, 3.63) is 94.4 Å². The number of nitro benzene ring substituents is 1. The van der Waals surface area contributed by atoms with Gasteiger partial charge in [-0.05, 0) is 60.3 Å². The fraction of sp³-hybridized carbons (Fsp3) is 0. The first-order chi connectivity index (χ1) is 14.9. The standard InChI is InChI=1S/C21H16N4O5S/c26-19(11-6-14-3-1-4-17(13-14)25(28)29)24-21(31)23-16-9-7-15(8-10-16)22-20(27)18-5-2-12-30-18/h1-13H,(H,22,27)(H2,23,24,26,31). The molecule has 1 aromatic heterocycles. The van der Waals surface area contributed by atoms with Crippen LogP contribution in [0.4, 0.5) is 17.1 Å². The molecule has 10 heteroatoms. The number of amides is 2. The first kappa shape index (κ1) is 21.4. The second-order valence-corrected chi connectivity index (χ2v) is 6.55. The van der Waals surface area contributed by atoms with E-state index >= 15 is 0 Å². The number of carbonyl (C=O) groups excluding carboxylic acids is 2. The van der Waals surface area contributed by atoms with Crippen molar-refractivity contribution in [2.24, 2.45) is 0 Å². The largest absolute Gasteiger partial charge is 0.459 e. The maximum absolute atomic E-state index is 12.0. The number of nitrogens with one attached hydrogen (secondary N) is 3. The number of non-ortho nitro benzene ring substituents is 1. The molecule has 3 aromatic rings. The molecule has 3 rings (SSSR count). The van der Waals surface area contributed by atoms with Gasteiger partial charge in [-0.2, -0.15) is 0 Å². The van der Waals surface area contributed by atoms with E-state index in [1.807, 2.05) is 0 Å². The van der Waals surface area contributed by atoms with Crippen LogP contribution in [0.5, 0.6) is 0 Å². The Kier molecular flexibility index (Phi) is 6.86. The molecular weight excluding hydrogens is 420 g/mol. The zero-order valence-electron chi connectivity index (χ0n) is 15.9. The number of furan rings is 1. The molecule has 0 saturated heterocycles. The minimum Gasteiger partial charge on any atom is -0.459 e. The second-order valence-electron chi connectivity index (χ2n) is 6.14. The van der Waals surface area contributed by atoms with Gasteiger partial charge in [-0.25, -0.2) is 0 Å². The molecule has 0 fully saturated rings. The second kappa shape index (κ2) is 9.94. The van der Waals surface area contributed by atoms with Crippen LogP contribution >= 0.6 is 12.2 Å². The molecule has 0 saturated carbocycles. The Morgan fingerprint density at radius 3 is 2.35 bits per heavy atom. The summed E-state index contributed by atoms with van der Waals surface area (Å²) in [6.07, 6.45) is 4.08. The zero-order valence-corrected chi connectivity index (χ0v) is 16.7. The number of thiocarbonyl (C=S) groups is 1. The van der Waals surface area contributed by atoms with E-state index in [0.717, 1.165) is 0 Å². The summed E-state index contributed by atoms with van der Waals surface area (Å²) in [4.78, 5) is 34.2. The highest BCUT2D eigenvalue weighted by atomic mass is 32.1.